The molecule has 0 aliphatic heterocycles. The molecule has 4 aromatic rings. The van der Waals surface area contributed by atoms with E-state index in [9.17, 15) is 14.4 Å². The van der Waals surface area contributed by atoms with Gasteiger partial charge in [0.05, 0.1) is 23.6 Å². The van der Waals surface area contributed by atoms with E-state index < -0.39 is 17.2 Å². The van der Waals surface area contributed by atoms with Crippen LogP contribution in [0, 0.1) is 0 Å². The molecule has 0 radical (unpaired) electrons. The van der Waals surface area contributed by atoms with Crippen LogP contribution in [0.3, 0.4) is 0 Å². The Kier molecular flexibility index (Phi) is 5.87. The first-order valence-electron chi connectivity index (χ1n) is 9.66. The number of anilines is 1. The molecule has 0 saturated heterocycles. The summed E-state index contributed by atoms with van der Waals surface area (Å²) in [5.41, 5.74) is 6.71. The maximum absolute atomic E-state index is 13.1. The van der Waals surface area contributed by atoms with Crippen molar-refractivity contribution in [2.75, 3.05) is 5.73 Å². The molecule has 4 rings (SSSR count). The van der Waals surface area contributed by atoms with Gasteiger partial charge in [0.1, 0.15) is 11.5 Å². The van der Waals surface area contributed by atoms with Gasteiger partial charge in [-0.25, -0.2) is 14.8 Å². The van der Waals surface area contributed by atoms with E-state index in [1.54, 1.807) is 25.4 Å². The Hall–Kier alpha value is -3.79. The molecule has 9 nitrogen and oxygen atoms in total. The monoisotopic (exact) mass is 494 g/mol. The molecule has 0 aliphatic carbocycles. The summed E-state index contributed by atoms with van der Waals surface area (Å²) in [5, 5.41) is 2.98. The van der Waals surface area contributed by atoms with Gasteiger partial charge in [-0.05, 0) is 41.5 Å². The molecule has 0 atom stereocenters. The van der Waals surface area contributed by atoms with Crippen molar-refractivity contribution in [1.29, 1.82) is 0 Å². The molecule has 3 aromatic heterocycles. The number of nitrogen functional groups attached to an aromatic ring is 1. The molecule has 162 valence electrons. The fraction of sp³-hybridized carbons (Fsp3) is 0.136. The largest absolute Gasteiger partial charge is 0.384 e. The first kappa shape index (κ1) is 21.4. The topological polar surface area (TPSA) is 125 Å². The minimum absolute atomic E-state index is 0.0734. The van der Waals surface area contributed by atoms with E-state index in [-0.39, 0.29) is 24.2 Å². The average molecular weight is 495 g/mol. The summed E-state index contributed by atoms with van der Waals surface area (Å²) in [6.45, 7) is 0.333. The highest BCUT2D eigenvalue weighted by atomic mass is 79.9. The minimum atomic E-state index is -0.485. The molecule has 3 heterocycles. The van der Waals surface area contributed by atoms with E-state index in [1.165, 1.54) is 16.8 Å². The Morgan fingerprint density at radius 2 is 1.94 bits per heavy atom. The number of nitrogens with two attached hydrogens (primary N) is 1. The van der Waals surface area contributed by atoms with Crippen LogP contribution < -0.4 is 22.3 Å². The third kappa shape index (κ3) is 4.30. The standard InChI is InChI=1S/C22H19BrN6O3/c1-28-18-11-26-17(20(30)27-10-13-5-6-25-19(24)8-13)9-16(18)21(31)29(22(28)32)12-14-3-2-4-15(23)7-14/h2-9,11H,10,12H2,1H3,(H2,24,25)(H,27,30). The van der Waals surface area contributed by atoms with Crippen LogP contribution >= 0.6 is 15.9 Å². The number of aromatic nitrogens is 4. The molecule has 3 N–H and O–H groups in total. The zero-order valence-electron chi connectivity index (χ0n) is 17.1. The molecule has 10 heteroatoms. The van der Waals surface area contributed by atoms with Crippen LogP contribution in [0.1, 0.15) is 21.6 Å². The van der Waals surface area contributed by atoms with Crippen molar-refractivity contribution in [3.63, 3.8) is 0 Å². The minimum Gasteiger partial charge on any atom is -0.384 e. The highest BCUT2D eigenvalue weighted by Gasteiger charge is 2.15. The van der Waals surface area contributed by atoms with Gasteiger partial charge in [-0.2, -0.15) is 0 Å². The van der Waals surface area contributed by atoms with Crippen LogP contribution in [0.25, 0.3) is 10.9 Å². The van der Waals surface area contributed by atoms with Gasteiger partial charge in [0, 0.05) is 24.3 Å². The first-order valence-corrected chi connectivity index (χ1v) is 10.5. The summed E-state index contributed by atoms with van der Waals surface area (Å²) in [6.07, 6.45) is 2.92. The van der Waals surface area contributed by atoms with E-state index in [1.807, 2.05) is 24.3 Å². The smallest absolute Gasteiger partial charge is 0.331 e. The lowest BCUT2D eigenvalue weighted by molar-refractivity contribution is 0.0946. The number of nitrogens with zero attached hydrogens (tertiary/aromatic N) is 4. The maximum Gasteiger partial charge on any atom is 0.331 e. The lowest BCUT2D eigenvalue weighted by atomic mass is 10.2. The fourth-order valence-corrected chi connectivity index (χ4v) is 3.81. The molecule has 0 saturated carbocycles. The predicted molar refractivity (Wildman–Crippen MR) is 124 cm³/mol. The Labute approximate surface area is 190 Å². The normalized spacial score (nSPS) is 10.9. The van der Waals surface area contributed by atoms with Gasteiger partial charge in [-0.3, -0.25) is 18.7 Å². The van der Waals surface area contributed by atoms with Crippen LogP contribution in [0.4, 0.5) is 5.82 Å². The SMILES string of the molecule is Cn1c(=O)n(Cc2cccc(Br)c2)c(=O)c2cc(C(=O)NCc3ccnc(N)c3)ncc21. The van der Waals surface area contributed by atoms with E-state index in [0.717, 1.165) is 20.2 Å². The van der Waals surface area contributed by atoms with Crippen molar-refractivity contribution < 1.29 is 4.79 Å². The van der Waals surface area contributed by atoms with Crippen LogP contribution in [-0.2, 0) is 20.1 Å². The number of carbonyl (C=O) groups is 1. The van der Waals surface area contributed by atoms with Gasteiger partial charge in [0.2, 0.25) is 0 Å². The van der Waals surface area contributed by atoms with Crippen LogP contribution in [0.2, 0.25) is 0 Å². The highest BCUT2D eigenvalue weighted by molar-refractivity contribution is 9.10. The molecular weight excluding hydrogens is 476 g/mol. The number of benzene rings is 1. The van der Waals surface area contributed by atoms with Crippen LogP contribution in [0.5, 0.6) is 0 Å². The summed E-state index contributed by atoms with van der Waals surface area (Å²) in [4.78, 5) is 46.6. The summed E-state index contributed by atoms with van der Waals surface area (Å²) in [7, 11) is 1.57. The number of hydrogen-bond acceptors (Lipinski definition) is 6. The maximum atomic E-state index is 13.1. The van der Waals surface area contributed by atoms with Gasteiger partial charge in [-0.15, -0.1) is 0 Å². The molecule has 1 aromatic carbocycles. The van der Waals surface area contributed by atoms with Crippen molar-refractivity contribution in [1.82, 2.24) is 24.4 Å². The molecule has 32 heavy (non-hydrogen) atoms. The Bertz CT molecular complexity index is 1460. The predicted octanol–water partition coefficient (Wildman–Crippen LogP) is 1.81. The van der Waals surface area contributed by atoms with E-state index in [2.05, 4.69) is 31.2 Å². The highest BCUT2D eigenvalue weighted by Crippen LogP contribution is 2.13. The number of aryl methyl sites for hydroxylation is 1. The Morgan fingerprint density at radius 1 is 1.12 bits per heavy atom. The molecule has 0 aliphatic rings. The van der Waals surface area contributed by atoms with E-state index in [4.69, 9.17) is 5.73 Å². The van der Waals surface area contributed by atoms with Crippen molar-refractivity contribution in [2.45, 2.75) is 13.1 Å². The second kappa shape index (κ2) is 8.75. The van der Waals surface area contributed by atoms with Crippen LogP contribution in [0.15, 0.2) is 68.9 Å². The molecule has 0 fully saturated rings. The van der Waals surface area contributed by atoms with Gasteiger partial charge in [0.25, 0.3) is 11.5 Å². The number of halogens is 1. The number of hydrogen-bond donors (Lipinski definition) is 2. The third-order valence-electron chi connectivity index (χ3n) is 5.00. The quantitative estimate of drug-likeness (QED) is 0.435. The zero-order valence-corrected chi connectivity index (χ0v) is 18.7. The second-order valence-electron chi connectivity index (χ2n) is 7.22. The summed E-state index contributed by atoms with van der Waals surface area (Å²) >= 11 is 3.39. The van der Waals surface area contributed by atoms with E-state index in [0.29, 0.717) is 11.3 Å². The summed E-state index contributed by atoms with van der Waals surface area (Å²) in [6, 6.07) is 12.2. The first-order chi connectivity index (χ1) is 15.3. The number of carbonyl (C=O) groups excluding carboxylic acids is 1. The Morgan fingerprint density at radius 3 is 2.69 bits per heavy atom. The lowest BCUT2D eigenvalue weighted by Crippen LogP contribution is -2.39. The van der Waals surface area contributed by atoms with Crippen molar-refractivity contribution in [2.24, 2.45) is 7.05 Å². The van der Waals surface area contributed by atoms with Gasteiger partial charge < -0.3 is 11.1 Å². The van der Waals surface area contributed by atoms with Crippen molar-refractivity contribution >= 4 is 38.6 Å². The number of pyridine rings is 2. The number of amides is 1. The number of nitrogens with one attached hydrogen (secondary N) is 1. The van der Waals surface area contributed by atoms with Gasteiger partial charge in [-0.1, -0.05) is 28.1 Å². The molecular formula is C22H19BrN6O3. The summed E-state index contributed by atoms with van der Waals surface area (Å²) < 4.78 is 3.34. The fourth-order valence-electron chi connectivity index (χ4n) is 3.36. The second-order valence-corrected chi connectivity index (χ2v) is 8.14. The van der Waals surface area contributed by atoms with Crippen molar-refractivity contribution in [3.8, 4) is 0 Å². The molecule has 1 amide bonds. The van der Waals surface area contributed by atoms with Gasteiger partial charge >= 0.3 is 5.69 Å². The van der Waals surface area contributed by atoms with Crippen molar-refractivity contribution in [3.05, 3.63) is 97.0 Å². The molecule has 0 unspecified atom stereocenters. The molecule has 0 spiro atoms. The lowest BCUT2D eigenvalue weighted by Gasteiger charge is -2.12. The van der Waals surface area contributed by atoms with E-state index >= 15 is 0 Å². The summed E-state index contributed by atoms with van der Waals surface area (Å²) in [5.74, 6) is -0.0958. The number of rotatable bonds is 5. The average Bonchev–Trinajstić information content (AvgIpc) is 2.78. The van der Waals surface area contributed by atoms with Gasteiger partial charge in [0.15, 0.2) is 0 Å². The number of fused-ring (bicyclic) bond motifs is 1. The zero-order chi connectivity index (χ0) is 22.8. The Balaban J connectivity index is 1.68. The third-order valence-corrected chi connectivity index (χ3v) is 5.49. The molecule has 0 bridgehead atoms. The van der Waals surface area contributed by atoms with Crippen LogP contribution in [-0.4, -0.2) is 25.0 Å².